The Morgan fingerprint density at radius 1 is 1.20 bits per heavy atom. The van der Waals surface area contributed by atoms with E-state index in [-0.39, 0.29) is 33.6 Å². The van der Waals surface area contributed by atoms with E-state index in [0.717, 1.165) is 0 Å². The smallest absolute Gasteiger partial charge is 0.265 e. The molecule has 0 spiro atoms. The summed E-state index contributed by atoms with van der Waals surface area (Å²) in [7, 11) is -6.11. The second-order valence-electron chi connectivity index (χ2n) is 5.19. The van der Waals surface area contributed by atoms with Crippen LogP contribution in [-0.2, 0) is 27.1 Å². The third-order valence-corrected chi connectivity index (χ3v) is 7.37. The molecule has 0 saturated heterocycles. The molecule has 2 aromatic rings. The molecule has 1 heterocycles. The highest BCUT2D eigenvalue weighted by Gasteiger charge is 2.25. The molecule has 0 aliphatic heterocycles. The fraction of sp³-hybridized carbons (Fsp3) is 0.357. The van der Waals surface area contributed by atoms with Crippen LogP contribution in [0.1, 0.15) is 13.8 Å². The van der Waals surface area contributed by atoms with Crippen LogP contribution in [0.15, 0.2) is 40.4 Å². The minimum Gasteiger partial charge on any atom is -0.279 e. The number of hydrogen-bond donors (Lipinski definition) is 1. The summed E-state index contributed by atoms with van der Waals surface area (Å²) in [6.07, 6.45) is 2.54. The van der Waals surface area contributed by atoms with Crippen LogP contribution in [-0.4, -0.2) is 44.0 Å². The first-order valence-electron chi connectivity index (χ1n) is 7.43. The van der Waals surface area contributed by atoms with Crippen molar-refractivity contribution in [1.29, 1.82) is 0 Å². The zero-order valence-corrected chi connectivity index (χ0v) is 16.4. The molecule has 0 unspecified atom stereocenters. The Hall–Kier alpha value is -1.62. The van der Waals surface area contributed by atoms with Gasteiger partial charge in [0.05, 0.1) is 16.9 Å². The van der Waals surface area contributed by atoms with Crippen LogP contribution in [0.5, 0.6) is 0 Å². The number of anilines is 1. The maximum Gasteiger partial charge on any atom is 0.265 e. The molecule has 0 bridgehead atoms. The summed E-state index contributed by atoms with van der Waals surface area (Å²) >= 11 is 6.03. The molecule has 0 radical (unpaired) electrons. The predicted octanol–water partition coefficient (Wildman–Crippen LogP) is 1.90. The van der Waals surface area contributed by atoms with Crippen molar-refractivity contribution in [3.63, 3.8) is 0 Å². The molecule has 8 nitrogen and oxygen atoms in total. The van der Waals surface area contributed by atoms with Gasteiger partial charge in [-0.1, -0.05) is 25.4 Å². The van der Waals surface area contributed by atoms with Crippen molar-refractivity contribution in [3.05, 3.63) is 35.6 Å². The van der Waals surface area contributed by atoms with Crippen LogP contribution in [0, 0.1) is 0 Å². The fourth-order valence-electron chi connectivity index (χ4n) is 2.22. The third-order valence-electron chi connectivity index (χ3n) is 3.50. The van der Waals surface area contributed by atoms with Crippen LogP contribution in [0.2, 0.25) is 5.02 Å². The van der Waals surface area contributed by atoms with Gasteiger partial charge in [0.25, 0.3) is 10.0 Å². The minimum atomic E-state index is -3.88. The molecule has 0 aliphatic carbocycles. The highest BCUT2D eigenvalue weighted by atomic mass is 35.5. The summed E-state index contributed by atoms with van der Waals surface area (Å²) in [5, 5.41) is 3.84. The summed E-state index contributed by atoms with van der Waals surface area (Å²) in [6, 6.07) is 3.96. The SMILES string of the molecule is CCN(CC)S(=O)(=O)c1cc(NS(=O)(=O)c2cnn(C)c2)ccc1Cl. The first-order valence-corrected chi connectivity index (χ1v) is 10.7. The maximum absolute atomic E-state index is 12.7. The summed E-state index contributed by atoms with van der Waals surface area (Å²) in [5.74, 6) is 0. The molecule has 0 amide bonds. The number of aryl methyl sites for hydroxylation is 1. The topological polar surface area (TPSA) is 101 Å². The van der Waals surface area contributed by atoms with E-state index in [1.165, 1.54) is 39.6 Å². The van der Waals surface area contributed by atoms with E-state index in [1.54, 1.807) is 20.9 Å². The van der Waals surface area contributed by atoms with E-state index in [2.05, 4.69) is 9.82 Å². The normalized spacial score (nSPS) is 12.5. The van der Waals surface area contributed by atoms with E-state index in [0.29, 0.717) is 0 Å². The largest absolute Gasteiger partial charge is 0.279 e. The lowest BCUT2D eigenvalue weighted by Gasteiger charge is -2.19. The lowest BCUT2D eigenvalue weighted by molar-refractivity contribution is 0.445. The van der Waals surface area contributed by atoms with Gasteiger partial charge >= 0.3 is 0 Å². The molecule has 138 valence electrons. The van der Waals surface area contributed by atoms with Crippen molar-refractivity contribution >= 4 is 37.3 Å². The monoisotopic (exact) mass is 406 g/mol. The van der Waals surface area contributed by atoms with Gasteiger partial charge in [-0.2, -0.15) is 9.40 Å². The fourth-order valence-corrected chi connectivity index (χ4v) is 5.21. The van der Waals surface area contributed by atoms with Crippen LogP contribution < -0.4 is 4.72 Å². The van der Waals surface area contributed by atoms with Gasteiger partial charge in [-0.3, -0.25) is 9.40 Å². The van der Waals surface area contributed by atoms with Gasteiger partial charge in [0.15, 0.2) is 0 Å². The Bertz CT molecular complexity index is 966. The number of rotatable bonds is 7. The third kappa shape index (κ3) is 4.14. The van der Waals surface area contributed by atoms with E-state index in [1.807, 2.05) is 0 Å². The number of aromatic nitrogens is 2. The first kappa shape index (κ1) is 19.7. The van der Waals surface area contributed by atoms with Gasteiger partial charge in [0.1, 0.15) is 9.79 Å². The second-order valence-corrected chi connectivity index (χ2v) is 9.19. The molecular weight excluding hydrogens is 388 g/mol. The molecule has 1 aromatic heterocycles. The van der Waals surface area contributed by atoms with E-state index in [9.17, 15) is 16.8 Å². The zero-order valence-electron chi connectivity index (χ0n) is 14.0. The molecule has 0 aliphatic rings. The number of sulfonamides is 2. The van der Waals surface area contributed by atoms with Crippen molar-refractivity contribution in [2.24, 2.45) is 7.05 Å². The number of nitrogens with zero attached hydrogens (tertiary/aromatic N) is 3. The van der Waals surface area contributed by atoms with Gasteiger partial charge in [-0.15, -0.1) is 0 Å². The van der Waals surface area contributed by atoms with Gasteiger partial charge < -0.3 is 0 Å². The molecule has 2 rings (SSSR count). The molecule has 0 atom stereocenters. The second kappa shape index (κ2) is 7.32. The predicted molar refractivity (Wildman–Crippen MR) is 95.6 cm³/mol. The maximum atomic E-state index is 12.7. The summed E-state index contributed by atoms with van der Waals surface area (Å²) < 4.78 is 55.0. The Labute approximate surface area is 152 Å². The van der Waals surface area contributed by atoms with E-state index >= 15 is 0 Å². The molecule has 0 saturated carbocycles. The van der Waals surface area contributed by atoms with Gasteiger partial charge in [-0.25, -0.2) is 16.8 Å². The van der Waals surface area contributed by atoms with Crippen LogP contribution >= 0.6 is 11.6 Å². The Kier molecular flexibility index (Phi) is 5.77. The molecule has 0 fully saturated rings. The molecule has 1 aromatic carbocycles. The highest BCUT2D eigenvalue weighted by molar-refractivity contribution is 7.92. The number of halogens is 1. The average molecular weight is 407 g/mol. The van der Waals surface area contributed by atoms with E-state index < -0.39 is 20.0 Å². The van der Waals surface area contributed by atoms with Crippen molar-refractivity contribution < 1.29 is 16.8 Å². The van der Waals surface area contributed by atoms with Crippen molar-refractivity contribution in [2.45, 2.75) is 23.6 Å². The quantitative estimate of drug-likeness (QED) is 0.756. The summed E-state index contributed by atoms with van der Waals surface area (Å²) in [5.41, 5.74) is 0.0963. The van der Waals surface area contributed by atoms with Gasteiger partial charge in [0.2, 0.25) is 10.0 Å². The Balaban J connectivity index is 2.43. The van der Waals surface area contributed by atoms with E-state index in [4.69, 9.17) is 11.6 Å². The lowest BCUT2D eigenvalue weighted by Crippen LogP contribution is -2.30. The Morgan fingerprint density at radius 2 is 1.84 bits per heavy atom. The van der Waals surface area contributed by atoms with Gasteiger partial charge in [0, 0.05) is 26.3 Å². The molecular formula is C14H19ClN4O4S2. The lowest BCUT2D eigenvalue weighted by atomic mass is 10.3. The van der Waals surface area contributed by atoms with Gasteiger partial charge in [-0.05, 0) is 18.2 Å². The van der Waals surface area contributed by atoms with Crippen LogP contribution in [0.3, 0.4) is 0 Å². The first-order chi connectivity index (χ1) is 11.6. The molecule has 1 N–H and O–H groups in total. The number of benzene rings is 1. The average Bonchev–Trinajstić information content (AvgIpc) is 2.97. The van der Waals surface area contributed by atoms with Crippen molar-refractivity contribution in [1.82, 2.24) is 14.1 Å². The number of hydrogen-bond acceptors (Lipinski definition) is 5. The van der Waals surface area contributed by atoms with Crippen molar-refractivity contribution in [2.75, 3.05) is 17.8 Å². The summed E-state index contributed by atoms with van der Waals surface area (Å²) in [4.78, 5) is -0.178. The minimum absolute atomic E-state index is 0.0243. The number of nitrogens with one attached hydrogen (secondary N) is 1. The standard InChI is InChI=1S/C14H19ClN4O4S2/c1-4-19(5-2)25(22,23)14-8-11(6-7-13(14)15)17-24(20,21)12-9-16-18(3)10-12/h6-10,17H,4-5H2,1-3H3. The highest BCUT2D eigenvalue weighted by Crippen LogP contribution is 2.28. The Morgan fingerprint density at radius 3 is 2.36 bits per heavy atom. The zero-order chi connectivity index (χ0) is 18.8. The summed E-state index contributed by atoms with van der Waals surface area (Å²) in [6.45, 7) is 3.98. The van der Waals surface area contributed by atoms with Crippen LogP contribution in [0.4, 0.5) is 5.69 Å². The van der Waals surface area contributed by atoms with Crippen LogP contribution in [0.25, 0.3) is 0 Å². The molecule has 25 heavy (non-hydrogen) atoms. The molecule has 11 heteroatoms. The van der Waals surface area contributed by atoms with Crippen molar-refractivity contribution in [3.8, 4) is 0 Å².